The number of nitrogens with zero attached hydrogens (tertiary/aromatic N) is 4. The number of hydrogen-bond acceptors (Lipinski definition) is 4. The molecule has 10 heteroatoms. The van der Waals surface area contributed by atoms with E-state index in [1.54, 1.807) is 0 Å². The number of furan rings is 1. The van der Waals surface area contributed by atoms with Crippen LogP contribution in [0.15, 0.2) is 144 Å². The summed E-state index contributed by atoms with van der Waals surface area (Å²) in [6.45, 7) is 0. The van der Waals surface area contributed by atoms with E-state index in [2.05, 4.69) is 165 Å². The Morgan fingerprint density at radius 1 is 0.418 bits per heavy atom. The number of fused-ring (bicyclic) bond motifs is 6. The Morgan fingerprint density at radius 3 is 1.78 bits per heavy atom. The van der Waals surface area contributed by atoms with Gasteiger partial charge >= 0.3 is 0 Å². The summed E-state index contributed by atoms with van der Waals surface area (Å²) in [5.41, 5.74) is 16.3. The van der Waals surface area contributed by atoms with Gasteiger partial charge in [0.25, 0.3) is 0 Å². The molecule has 0 atom stereocenters. The van der Waals surface area contributed by atoms with Crippen LogP contribution in [0.3, 0.4) is 0 Å². The lowest BCUT2D eigenvalue weighted by Crippen LogP contribution is -2.55. The summed E-state index contributed by atoms with van der Waals surface area (Å²) in [5, 5.41) is 4.49. The number of hydrogen-bond donors (Lipinski definition) is 0. The minimum Gasteiger partial charge on any atom is -0.455 e. The number of rotatable bonds is 5. The normalized spacial score (nSPS) is 11.6. The van der Waals surface area contributed by atoms with Gasteiger partial charge in [0.15, 0.2) is 17.5 Å². The minimum absolute atomic E-state index is 0.583. The summed E-state index contributed by atoms with van der Waals surface area (Å²) in [6, 6.07) is 48.9. The molecule has 10 rings (SSSR count). The van der Waals surface area contributed by atoms with Crippen molar-refractivity contribution >= 4 is 110 Å². The van der Waals surface area contributed by atoms with Crippen LogP contribution in [0.2, 0.25) is 0 Å². The fourth-order valence-electron chi connectivity index (χ4n) is 8.32. The summed E-state index contributed by atoms with van der Waals surface area (Å²) >= 11 is 0. The zero-order valence-corrected chi connectivity index (χ0v) is 31.5. The average molecular weight is 700 g/mol. The molecule has 0 saturated heterocycles. The Hall–Kier alpha value is -6.53. The number of para-hydroxylation sites is 2. The highest BCUT2D eigenvalue weighted by atomic mass is 16.3. The molecule has 3 heterocycles. The summed E-state index contributed by atoms with van der Waals surface area (Å²) < 4.78 is 9.23. The molecule has 7 aromatic carbocycles. The Bertz CT molecular complexity index is 3130. The lowest BCUT2D eigenvalue weighted by molar-refractivity contribution is 0.669. The molecular formula is C45H33B5N4O. The van der Waals surface area contributed by atoms with E-state index in [0.29, 0.717) is 17.5 Å². The monoisotopic (exact) mass is 700 g/mol. The van der Waals surface area contributed by atoms with Crippen LogP contribution < -0.4 is 27.3 Å². The van der Waals surface area contributed by atoms with Crippen molar-refractivity contribution in [1.29, 1.82) is 0 Å². The summed E-state index contributed by atoms with van der Waals surface area (Å²) in [5.74, 6) is 1.88. The van der Waals surface area contributed by atoms with Crippen molar-refractivity contribution < 1.29 is 4.42 Å². The van der Waals surface area contributed by atoms with E-state index in [1.807, 2.05) is 18.2 Å². The highest BCUT2D eigenvalue weighted by Gasteiger charge is 2.22. The molecule has 0 unspecified atom stereocenters. The van der Waals surface area contributed by atoms with Crippen LogP contribution in [0.5, 0.6) is 0 Å². The molecule has 0 amide bonds. The third-order valence-corrected chi connectivity index (χ3v) is 11.7. The van der Waals surface area contributed by atoms with Gasteiger partial charge < -0.3 is 8.98 Å². The van der Waals surface area contributed by atoms with Crippen LogP contribution in [0.1, 0.15) is 0 Å². The fourth-order valence-corrected chi connectivity index (χ4v) is 8.32. The van der Waals surface area contributed by atoms with Gasteiger partial charge in [-0.1, -0.05) is 114 Å². The fraction of sp³-hybridized carbons (Fsp3) is 0. The molecule has 0 fully saturated rings. The molecule has 0 N–H and O–H groups in total. The van der Waals surface area contributed by atoms with Gasteiger partial charge in [-0.2, -0.15) is 0 Å². The average Bonchev–Trinajstić information content (AvgIpc) is 3.78. The van der Waals surface area contributed by atoms with Gasteiger partial charge in [-0.3, -0.25) is 0 Å². The van der Waals surface area contributed by atoms with E-state index in [9.17, 15) is 0 Å². The van der Waals surface area contributed by atoms with Crippen LogP contribution in [-0.2, 0) is 0 Å². The van der Waals surface area contributed by atoms with Crippen molar-refractivity contribution in [3.8, 4) is 51.0 Å². The Balaban J connectivity index is 1.18. The lowest BCUT2D eigenvalue weighted by Gasteiger charge is -2.20. The van der Waals surface area contributed by atoms with Gasteiger partial charge in [0.1, 0.15) is 50.4 Å². The molecule has 3 aromatic heterocycles. The highest BCUT2D eigenvalue weighted by Crippen LogP contribution is 2.39. The first-order valence-electron chi connectivity index (χ1n) is 18.8. The van der Waals surface area contributed by atoms with Gasteiger partial charge in [-0.15, -0.1) is 16.4 Å². The van der Waals surface area contributed by atoms with Crippen molar-refractivity contribution in [3.63, 3.8) is 0 Å². The largest absolute Gasteiger partial charge is 0.455 e. The van der Waals surface area contributed by atoms with Crippen LogP contribution in [0, 0.1) is 0 Å². The molecule has 254 valence electrons. The molecule has 0 aliphatic rings. The van der Waals surface area contributed by atoms with E-state index < -0.39 is 0 Å². The predicted octanol–water partition coefficient (Wildman–Crippen LogP) is 2.83. The Kier molecular flexibility index (Phi) is 7.70. The van der Waals surface area contributed by atoms with E-state index in [1.165, 1.54) is 49.2 Å². The smallest absolute Gasteiger partial charge is 0.167 e. The highest BCUT2D eigenvalue weighted by molar-refractivity contribution is 6.68. The first kappa shape index (κ1) is 33.1. The quantitative estimate of drug-likeness (QED) is 0.260. The van der Waals surface area contributed by atoms with Gasteiger partial charge in [0, 0.05) is 44.4 Å². The van der Waals surface area contributed by atoms with Crippen molar-refractivity contribution in [2.75, 3.05) is 0 Å². The van der Waals surface area contributed by atoms with Gasteiger partial charge in [-0.25, -0.2) is 15.0 Å². The molecule has 0 bridgehead atoms. The lowest BCUT2D eigenvalue weighted by atomic mass is 9.60. The van der Waals surface area contributed by atoms with Crippen LogP contribution in [0.25, 0.3) is 94.7 Å². The SMILES string of the molecule is Bc1c(B)c(B)c(-c2nc(-c3ccccc3)nc(-c3cccc4c3oc3cc(-n5c6ccccc6c6ccc(-c7ccccc7)cc65)ccc34)n2)c(B)c1B. The third-order valence-electron chi connectivity index (χ3n) is 11.7. The maximum atomic E-state index is 6.87. The Morgan fingerprint density at radius 2 is 1.02 bits per heavy atom. The van der Waals surface area contributed by atoms with Crippen LogP contribution in [0.4, 0.5) is 0 Å². The molecule has 0 radical (unpaired) electrons. The van der Waals surface area contributed by atoms with Gasteiger partial charge in [0.2, 0.25) is 0 Å². The van der Waals surface area contributed by atoms with E-state index in [4.69, 9.17) is 19.4 Å². The van der Waals surface area contributed by atoms with E-state index >= 15 is 0 Å². The van der Waals surface area contributed by atoms with Crippen molar-refractivity contribution in [2.24, 2.45) is 0 Å². The maximum absolute atomic E-state index is 6.87. The molecular weight excluding hydrogens is 667 g/mol. The second kappa shape index (κ2) is 12.8. The second-order valence-electron chi connectivity index (χ2n) is 14.6. The van der Waals surface area contributed by atoms with Crippen molar-refractivity contribution in [2.45, 2.75) is 0 Å². The van der Waals surface area contributed by atoms with E-state index in [0.717, 1.165) is 55.3 Å². The number of benzene rings is 7. The summed E-state index contributed by atoms with van der Waals surface area (Å²) in [6.07, 6.45) is 0. The molecule has 10 aromatic rings. The van der Waals surface area contributed by atoms with Crippen LogP contribution >= 0.6 is 0 Å². The molecule has 0 aliphatic heterocycles. The summed E-state index contributed by atoms with van der Waals surface area (Å²) in [4.78, 5) is 15.5. The first-order valence-corrected chi connectivity index (χ1v) is 18.8. The zero-order chi connectivity index (χ0) is 37.4. The summed E-state index contributed by atoms with van der Waals surface area (Å²) in [7, 11) is 10.9. The van der Waals surface area contributed by atoms with Gasteiger partial charge in [0.05, 0.1) is 16.6 Å². The third kappa shape index (κ3) is 5.27. The molecule has 0 spiro atoms. The zero-order valence-electron chi connectivity index (χ0n) is 31.5. The van der Waals surface area contributed by atoms with Gasteiger partial charge in [-0.05, 0) is 41.5 Å². The number of aromatic nitrogens is 4. The predicted molar refractivity (Wildman–Crippen MR) is 244 cm³/mol. The molecule has 0 aliphatic carbocycles. The molecule has 0 saturated carbocycles. The topological polar surface area (TPSA) is 56.7 Å². The second-order valence-corrected chi connectivity index (χ2v) is 14.6. The molecule has 5 nitrogen and oxygen atoms in total. The Labute approximate surface area is 323 Å². The van der Waals surface area contributed by atoms with Crippen molar-refractivity contribution in [3.05, 3.63) is 140 Å². The van der Waals surface area contributed by atoms with Crippen LogP contribution in [-0.4, -0.2) is 58.8 Å². The molecule has 55 heavy (non-hydrogen) atoms. The van der Waals surface area contributed by atoms with Crippen molar-refractivity contribution in [1.82, 2.24) is 19.5 Å². The maximum Gasteiger partial charge on any atom is 0.167 e. The van der Waals surface area contributed by atoms with E-state index in [-0.39, 0.29) is 0 Å². The minimum atomic E-state index is 0.583. The first-order chi connectivity index (χ1) is 26.9. The standard InChI is InChI=1S/C45H33B5N4O/c46-37-36(38(47)40(49)41(50)39(37)48)45-52-43(25-12-5-2-6-13-25)51-44(53-45)32-16-9-15-31-30-21-19-27(23-35(30)55-42(31)32)54-33-17-8-7-14-28(33)29-20-18-26(22-34(29)54)24-10-3-1-4-11-24/h1-23H,46-50H2.